The van der Waals surface area contributed by atoms with E-state index in [0.29, 0.717) is 32.8 Å². The molecule has 252 valence electrons. The van der Waals surface area contributed by atoms with Gasteiger partial charge in [-0.05, 0) is 74.5 Å². The number of benzene rings is 4. The Labute approximate surface area is 304 Å². The minimum absolute atomic E-state index is 0. The maximum absolute atomic E-state index is 10.3. The zero-order valence-electron chi connectivity index (χ0n) is 26.7. The van der Waals surface area contributed by atoms with Crippen LogP contribution < -0.4 is 0 Å². The number of aromatic nitrogens is 4. The Morgan fingerprint density at radius 3 is 1.22 bits per heavy atom. The van der Waals surface area contributed by atoms with Crippen LogP contribution in [0.4, 0.5) is 22.7 Å². The summed E-state index contributed by atoms with van der Waals surface area (Å²) in [7, 11) is 0. The molecule has 0 amide bonds. The van der Waals surface area contributed by atoms with E-state index in [-0.39, 0.29) is 77.9 Å². The van der Waals surface area contributed by atoms with Gasteiger partial charge in [0.25, 0.3) is 0 Å². The van der Waals surface area contributed by atoms with Gasteiger partial charge in [0.15, 0.2) is 11.4 Å². The van der Waals surface area contributed by atoms with Crippen LogP contribution in [-0.2, 0) is 17.1 Å². The fourth-order valence-electron chi connectivity index (χ4n) is 4.11. The number of aromatic hydroxyl groups is 4. The topological polar surface area (TPSA) is 166 Å². The Morgan fingerprint density at radius 1 is 0.531 bits per heavy atom. The van der Waals surface area contributed by atoms with E-state index in [9.17, 15) is 20.4 Å². The largest absolute Gasteiger partial charge is 0.506 e. The molecular weight excluding hydrogens is 711 g/mol. The summed E-state index contributed by atoms with van der Waals surface area (Å²) >= 11 is 11.7. The van der Waals surface area contributed by atoms with E-state index in [1.54, 1.807) is 26.0 Å². The van der Waals surface area contributed by atoms with E-state index in [0.717, 1.165) is 0 Å². The van der Waals surface area contributed by atoms with Gasteiger partial charge in [-0.3, -0.25) is 0 Å². The van der Waals surface area contributed by atoms with Gasteiger partial charge in [0.05, 0.1) is 22.8 Å². The van der Waals surface area contributed by atoms with Gasteiger partial charge in [0.2, 0.25) is 11.8 Å². The number of halogens is 2. The van der Waals surface area contributed by atoms with E-state index in [4.69, 9.17) is 23.2 Å². The van der Waals surface area contributed by atoms with E-state index in [2.05, 4.69) is 30.7 Å². The molecule has 0 bridgehead atoms. The number of azo groups is 2. The van der Waals surface area contributed by atoms with Gasteiger partial charge >= 0.3 is 0 Å². The predicted octanol–water partition coefficient (Wildman–Crippen LogP) is 10.2. The minimum atomic E-state index is -0.126. The van der Waals surface area contributed by atoms with E-state index in [1.165, 1.54) is 33.6 Å². The molecule has 0 aliphatic carbocycles. The maximum Gasteiger partial charge on any atom is 0.243 e. The standard InChI is InChI=1S/2C16H13ClN4O2.2CH3.Fe/c2*1-10-15(19-18-13-9-11(17)7-8-14(13)22)16(23)21(20-10)12-5-3-2-4-6-12;;;/h2*2-9,22-23H,1H3;2*1H3;/q;;2*+1;. The van der Waals surface area contributed by atoms with Crippen LogP contribution in [0.15, 0.2) is 118 Å². The molecule has 0 fully saturated rings. The van der Waals surface area contributed by atoms with Gasteiger partial charge in [0, 0.05) is 42.0 Å². The second-order valence-electron chi connectivity index (χ2n) is 9.68. The van der Waals surface area contributed by atoms with Gasteiger partial charge in [-0.2, -0.15) is 19.6 Å². The van der Waals surface area contributed by atoms with Crippen LogP contribution in [0.25, 0.3) is 11.4 Å². The average molecular weight is 743 g/mol. The molecule has 4 N–H and O–H groups in total. The van der Waals surface area contributed by atoms with Crippen LogP contribution in [0.2, 0.25) is 10.0 Å². The first-order valence-electron chi connectivity index (χ1n) is 13.6. The molecule has 0 aliphatic heterocycles. The number of nitrogens with zero attached hydrogens (tertiary/aromatic N) is 8. The Balaban J connectivity index is 0.000000321. The predicted molar refractivity (Wildman–Crippen MR) is 187 cm³/mol. The van der Waals surface area contributed by atoms with Gasteiger partial charge in [-0.25, -0.2) is 0 Å². The van der Waals surface area contributed by atoms with Gasteiger partial charge in [-0.15, -0.1) is 20.5 Å². The first-order chi connectivity index (χ1) is 22.1. The molecule has 0 spiro atoms. The van der Waals surface area contributed by atoms with Gasteiger partial charge in [-0.1, -0.05) is 59.6 Å². The summed E-state index contributed by atoms with van der Waals surface area (Å²) in [5.41, 5.74) is 3.32. The maximum atomic E-state index is 10.3. The third-order valence-corrected chi connectivity index (χ3v) is 6.87. The second kappa shape index (κ2) is 17.6. The van der Waals surface area contributed by atoms with Crippen LogP contribution in [0.1, 0.15) is 11.4 Å². The Bertz CT molecular complexity index is 1910. The van der Waals surface area contributed by atoms with Crippen molar-refractivity contribution in [2.75, 3.05) is 0 Å². The molecule has 0 unspecified atom stereocenters. The normalized spacial score (nSPS) is 10.5. The molecule has 0 radical (unpaired) electrons. The van der Waals surface area contributed by atoms with Crippen molar-refractivity contribution in [1.82, 2.24) is 19.6 Å². The van der Waals surface area contributed by atoms with Crippen molar-refractivity contribution in [3.8, 4) is 34.6 Å². The van der Waals surface area contributed by atoms with Crippen LogP contribution in [0.5, 0.6) is 23.3 Å². The Kier molecular flexibility index (Phi) is 14.3. The summed E-state index contributed by atoms with van der Waals surface area (Å²) in [6, 6.07) is 27.3. The molecule has 15 heteroatoms. The average Bonchev–Trinajstić information content (AvgIpc) is 3.51. The monoisotopic (exact) mass is 742 g/mol. The summed E-state index contributed by atoms with van der Waals surface area (Å²) in [6.45, 7) is 3.43. The molecule has 4 aromatic carbocycles. The molecule has 6 aromatic rings. The van der Waals surface area contributed by atoms with E-state index < -0.39 is 0 Å². The van der Waals surface area contributed by atoms with Crippen molar-refractivity contribution >= 4 is 46.0 Å². The van der Waals surface area contributed by atoms with Crippen LogP contribution in [-0.4, -0.2) is 40.0 Å². The molecule has 0 aliphatic rings. The van der Waals surface area contributed by atoms with Crippen molar-refractivity contribution < 1.29 is 37.5 Å². The smallest absolute Gasteiger partial charge is 0.243 e. The summed E-state index contributed by atoms with van der Waals surface area (Å²) in [5, 5.41) is 65.4. The van der Waals surface area contributed by atoms with Crippen molar-refractivity contribution in [3.63, 3.8) is 0 Å². The van der Waals surface area contributed by atoms with Gasteiger partial charge < -0.3 is 20.4 Å². The molecule has 12 nitrogen and oxygen atoms in total. The number of aryl methyl sites for hydroxylation is 2. The Hall–Kier alpha value is -5.46. The van der Waals surface area contributed by atoms with Crippen molar-refractivity contribution in [2.24, 2.45) is 20.5 Å². The van der Waals surface area contributed by atoms with Crippen LogP contribution >= 0.6 is 23.2 Å². The van der Waals surface area contributed by atoms with Crippen molar-refractivity contribution in [3.05, 3.63) is 133 Å². The summed E-state index contributed by atoms with van der Waals surface area (Å²) in [5.74, 6) is -0.352. The zero-order valence-corrected chi connectivity index (χ0v) is 29.3. The number of hydrogen-bond acceptors (Lipinski definition) is 10. The summed E-state index contributed by atoms with van der Waals surface area (Å²) in [4.78, 5) is 0. The SMILES string of the molecule is Cc1nn(-c2ccccc2)c(O)c1N=Nc1cc(Cl)ccc1O.Cc1nn(-c2ccccc2)c(O)c1N=Nc1cc(Cl)ccc1O.[CH3+].[CH3+].[Fe]. The number of phenolic OH excluding ortho intramolecular Hbond substituents is 2. The summed E-state index contributed by atoms with van der Waals surface area (Å²) in [6.07, 6.45) is 0. The first-order valence-corrected chi connectivity index (χ1v) is 14.4. The van der Waals surface area contributed by atoms with Crippen molar-refractivity contribution in [1.29, 1.82) is 0 Å². The molecule has 2 aromatic heterocycles. The summed E-state index contributed by atoms with van der Waals surface area (Å²) < 4.78 is 2.75. The molecule has 0 saturated heterocycles. The fraction of sp³-hybridized carbons (Fsp3) is 0.0588. The van der Waals surface area contributed by atoms with E-state index >= 15 is 0 Å². The number of para-hydroxylation sites is 2. The van der Waals surface area contributed by atoms with Gasteiger partial charge in [0.1, 0.15) is 22.9 Å². The first kappa shape index (κ1) is 39.7. The molecule has 0 saturated carbocycles. The molecular formula is C34H32Cl2FeN8O4+2. The quantitative estimate of drug-likeness (QED) is 0.0753. The third-order valence-electron chi connectivity index (χ3n) is 6.40. The molecule has 6 rings (SSSR count). The van der Waals surface area contributed by atoms with Crippen molar-refractivity contribution in [2.45, 2.75) is 13.8 Å². The van der Waals surface area contributed by atoms with Crippen LogP contribution in [0, 0.1) is 28.7 Å². The Morgan fingerprint density at radius 2 is 0.878 bits per heavy atom. The number of hydrogen-bond donors (Lipinski definition) is 4. The van der Waals surface area contributed by atoms with E-state index in [1.807, 2.05) is 60.7 Å². The third kappa shape index (κ3) is 9.34. The van der Waals surface area contributed by atoms with Crippen LogP contribution in [0.3, 0.4) is 0 Å². The fourth-order valence-corrected chi connectivity index (χ4v) is 4.44. The molecule has 49 heavy (non-hydrogen) atoms. The zero-order chi connectivity index (χ0) is 32.8. The minimum Gasteiger partial charge on any atom is -0.506 e. The molecule has 0 atom stereocenters. The number of rotatable bonds is 6. The number of phenols is 2. The second-order valence-corrected chi connectivity index (χ2v) is 10.5. The molecule has 2 heterocycles.